The number of hydrogen-bond acceptors (Lipinski definition) is 6. The maximum absolute atomic E-state index is 13.8. The molecule has 0 unspecified atom stereocenters. The van der Waals surface area contributed by atoms with Crippen LogP contribution < -0.4 is 9.47 Å². The average Bonchev–Trinajstić information content (AvgIpc) is 2.95. The lowest BCUT2D eigenvalue weighted by Crippen LogP contribution is -2.35. The topological polar surface area (TPSA) is 93.2 Å². The second kappa shape index (κ2) is 12.3. The Morgan fingerprint density at radius 2 is 1.21 bits per heavy atom. The van der Waals surface area contributed by atoms with E-state index >= 15 is 0 Å². The molecule has 1 aliphatic heterocycles. The smallest absolute Gasteiger partial charge is 0.243 e. The van der Waals surface area contributed by atoms with Crippen molar-refractivity contribution in [3.05, 3.63) is 83.9 Å². The molecule has 10 heteroatoms. The van der Waals surface area contributed by atoms with Gasteiger partial charge in [-0.05, 0) is 79.4 Å². The summed E-state index contributed by atoms with van der Waals surface area (Å²) in [5.74, 6) is 1.39. The second-order valence-corrected chi connectivity index (χ2v) is 13.0. The van der Waals surface area contributed by atoms with Crippen molar-refractivity contribution >= 4 is 20.0 Å². The van der Waals surface area contributed by atoms with E-state index in [9.17, 15) is 16.8 Å². The highest BCUT2D eigenvalue weighted by molar-refractivity contribution is 7.89. The van der Waals surface area contributed by atoms with Crippen molar-refractivity contribution in [1.82, 2.24) is 8.61 Å². The molecule has 0 aromatic heterocycles. The standard InChI is InChI=1S/C28H34N2O6S2/c1-3-36-26-13-9-24(10-14-26)22-30(21-23-7-11-25(35-2)12-8-23)38(33,34)28-17-15-27(16-18-28)37(31,32)29-19-5-4-6-20-29/h7-18H,3-6,19-22H2,1-2H3. The van der Waals surface area contributed by atoms with Gasteiger partial charge in [0.25, 0.3) is 0 Å². The molecule has 204 valence electrons. The van der Waals surface area contributed by atoms with Gasteiger partial charge in [-0.15, -0.1) is 0 Å². The van der Waals surface area contributed by atoms with Gasteiger partial charge in [-0.25, -0.2) is 16.8 Å². The minimum absolute atomic E-state index is 0.0366. The Morgan fingerprint density at radius 3 is 1.71 bits per heavy atom. The first-order chi connectivity index (χ1) is 18.2. The molecule has 0 amide bonds. The Hall–Kier alpha value is -2.92. The lowest BCUT2D eigenvalue weighted by atomic mass is 10.2. The van der Waals surface area contributed by atoms with Crippen molar-refractivity contribution in [3.63, 3.8) is 0 Å². The van der Waals surface area contributed by atoms with E-state index < -0.39 is 20.0 Å². The molecule has 0 aliphatic carbocycles. The zero-order valence-corrected chi connectivity index (χ0v) is 23.4. The molecule has 4 rings (SSSR count). The largest absolute Gasteiger partial charge is 0.497 e. The van der Waals surface area contributed by atoms with Crippen LogP contribution >= 0.6 is 0 Å². The average molecular weight is 559 g/mol. The van der Waals surface area contributed by atoms with Crippen LogP contribution in [0.2, 0.25) is 0 Å². The van der Waals surface area contributed by atoms with Crippen molar-refractivity contribution < 1.29 is 26.3 Å². The molecule has 0 N–H and O–H groups in total. The minimum Gasteiger partial charge on any atom is -0.497 e. The van der Waals surface area contributed by atoms with Gasteiger partial charge < -0.3 is 9.47 Å². The van der Waals surface area contributed by atoms with Gasteiger partial charge in [0.1, 0.15) is 11.5 Å². The normalized spacial score (nSPS) is 14.9. The maximum Gasteiger partial charge on any atom is 0.243 e. The number of methoxy groups -OCH3 is 1. The second-order valence-electron chi connectivity index (χ2n) is 9.13. The Bertz CT molecular complexity index is 1400. The monoisotopic (exact) mass is 558 g/mol. The predicted octanol–water partition coefficient (Wildman–Crippen LogP) is 4.66. The van der Waals surface area contributed by atoms with Gasteiger partial charge in [0.15, 0.2) is 0 Å². The van der Waals surface area contributed by atoms with E-state index in [4.69, 9.17) is 9.47 Å². The Labute approximate surface area is 225 Å². The summed E-state index contributed by atoms with van der Waals surface area (Å²) in [6.07, 6.45) is 2.68. The summed E-state index contributed by atoms with van der Waals surface area (Å²) >= 11 is 0. The number of ether oxygens (including phenoxy) is 2. The number of hydrogen-bond donors (Lipinski definition) is 0. The van der Waals surface area contributed by atoms with E-state index in [0.717, 1.165) is 30.4 Å². The van der Waals surface area contributed by atoms with Crippen molar-refractivity contribution in [2.75, 3.05) is 26.8 Å². The number of benzene rings is 3. The summed E-state index contributed by atoms with van der Waals surface area (Å²) in [7, 11) is -6.04. The molecule has 1 heterocycles. The fourth-order valence-corrected chi connectivity index (χ4v) is 7.34. The van der Waals surface area contributed by atoms with Crippen molar-refractivity contribution in [2.45, 2.75) is 49.1 Å². The highest BCUT2D eigenvalue weighted by atomic mass is 32.2. The third kappa shape index (κ3) is 6.55. The molecule has 0 radical (unpaired) electrons. The molecule has 0 saturated carbocycles. The summed E-state index contributed by atoms with van der Waals surface area (Å²) in [4.78, 5) is 0.140. The minimum atomic E-state index is -3.96. The van der Waals surface area contributed by atoms with E-state index in [1.807, 2.05) is 43.3 Å². The van der Waals surface area contributed by atoms with Crippen LogP contribution in [0, 0.1) is 0 Å². The molecule has 3 aromatic carbocycles. The van der Waals surface area contributed by atoms with Gasteiger partial charge in [0.05, 0.1) is 23.5 Å². The molecule has 0 bridgehead atoms. The van der Waals surface area contributed by atoms with Gasteiger partial charge in [-0.2, -0.15) is 8.61 Å². The van der Waals surface area contributed by atoms with Crippen LogP contribution in [0.5, 0.6) is 11.5 Å². The molecule has 38 heavy (non-hydrogen) atoms. The molecular weight excluding hydrogens is 524 g/mol. The van der Waals surface area contributed by atoms with E-state index in [2.05, 4.69) is 0 Å². The zero-order chi connectivity index (χ0) is 27.2. The van der Waals surface area contributed by atoms with Crippen LogP contribution in [0.4, 0.5) is 0 Å². The van der Waals surface area contributed by atoms with Crippen LogP contribution in [-0.4, -0.2) is 52.3 Å². The number of sulfonamides is 2. The molecule has 8 nitrogen and oxygen atoms in total. The summed E-state index contributed by atoms with van der Waals surface area (Å²) in [5.41, 5.74) is 1.60. The van der Waals surface area contributed by atoms with E-state index in [-0.39, 0.29) is 22.9 Å². The summed E-state index contributed by atoms with van der Waals surface area (Å²) < 4.78 is 67.3. The van der Waals surface area contributed by atoms with Gasteiger partial charge in [0, 0.05) is 26.2 Å². The Kier molecular flexibility index (Phi) is 9.09. The molecule has 0 spiro atoms. The summed E-state index contributed by atoms with van der Waals surface area (Å²) in [6.45, 7) is 3.68. The first kappa shape index (κ1) is 28.1. The van der Waals surface area contributed by atoms with Gasteiger partial charge in [-0.1, -0.05) is 30.7 Å². The first-order valence-corrected chi connectivity index (χ1v) is 15.6. The van der Waals surface area contributed by atoms with Crippen molar-refractivity contribution in [3.8, 4) is 11.5 Å². The maximum atomic E-state index is 13.8. The van der Waals surface area contributed by atoms with Crippen molar-refractivity contribution in [1.29, 1.82) is 0 Å². The number of rotatable bonds is 11. The highest BCUT2D eigenvalue weighted by Gasteiger charge is 2.28. The van der Waals surface area contributed by atoms with Crippen LogP contribution in [0.15, 0.2) is 82.6 Å². The summed E-state index contributed by atoms with van der Waals surface area (Å²) in [5, 5.41) is 0. The number of nitrogens with zero attached hydrogens (tertiary/aromatic N) is 2. The highest BCUT2D eigenvalue weighted by Crippen LogP contribution is 2.26. The van der Waals surface area contributed by atoms with Gasteiger partial charge >= 0.3 is 0 Å². The van der Waals surface area contributed by atoms with Crippen LogP contribution in [0.25, 0.3) is 0 Å². The predicted molar refractivity (Wildman–Crippen MR) is 146 cm³/mol. The lowest BCUT2D eigenvalue weighted by Gasteiger charge is -2.26. The lowest BCUT2D eigenvalue weighted by molar-refractivity contribution is 0.340. The molecule has 1 aliphatic rings. The van der Waals surface area contributed by atoms with Crippen LogP contribution in [-0.2, 0) is 33.1 Å². The first-order valence-electron chi connectivity index (χ1n) is 12.7. The molecule has 1 fully saturated rings. The van der Waals surface area contributed by atoms with E-state index in [1.165, 1.54) is 32.9 Å². The van der Waals surface area contributed by atoms with Crippen LogP contribution in [0.1, 0.15) is 37.3 Å². The van der Waals surface area contributed by atoms with Crippen molar-refractivity contribution in [2.24, 2.45) is 0 Å². The van der Waals surface area contributed by atoms with Gasteiger partial charge in [-0.3, -0.25) is 0 Å². The molecular formula is C28H34N2O6S2. The Balaban J connectivity index is 1.62. The fourth-order valence-electron chi connectivity index (χ4n) is 4.41. The zero-order valence-electron chi connectivity index (χ0n) is 21.7. The van der Waals surface area contributed by atoms with E-state index in [0.29, 0.717) is 31.2 Å². The van der Waals surface area contributed by atoms with Gasteiger partial charge in [0.2, 0.25) is 20.0 Å². The molecule has 0 atom stereocenters. The van der Waals surface area contributed by atoms with E-state index in [1.54, 1.807) is 19.2 Å². The third-order valence-corrected chi connectivity index (χ3v) is 10.2. The Morgan fingerprint density at radius 1 is 0.711 bits per heavy atom. The molecule has 3 aromatic rings. The van der Waals surface area contributed by atoms with Crippen LogP contribution in [0.3, 0.4) is 0 Å². The fraction of sp³-hybridized carbons (Fsp3) is 0.357. The third-order valence-electron chi connectivity index (χ3n) is 6.53. The SMILES string of the molecule is CCOc1ccc(CN(Cc2ccc(OC)cc2)S(=O)(=O)c2ccc(S(=O)(=O)N3CCCCC3)cc2)cc1. The summed E-state index contributed by atoms with van der Waals surface area (Å²) in [6, 6.07) is 20.1. The number of piperidine rings is 1. The molecule has 1 saturated heterocycles. The quantitative estimate of drug-likeness (QED) is 0.340.